The monoisotopic (exact) mass is 351 g/mol. The number of aliphatic imine (C=N–C) groups is 1. The lowest BCUT2D eigenvalue weighted by molar-refractivity contribution is -0.121. The second-order valence-corrected chi connectivity index (χ2v) is 7.21. The number of hydrogen-bond acceptors (Lipinski definition) is 4. The maximum atomic E-state index is 11.5. The molecule has 0 radical (unpaired) electrons. The summed E-state index contributed by atoms with van der Waals surface area (Å²) in [5.41, 5.74) is 1.11. The number of nitrogens with one attached hydrogen (secondary N) is 2. The van der Waals surface area contributed by atoms with E-state index in [4.69, 9.17) is 0 Å². The number of aryl methyl sites for hydroxylation is 2. The van der Waals surface area contributed by atoms with Gasteiger partial charge in [0.1, 0.15) is 0 Å². The molecule has 24 heavy (non-hydrogen) atoms. The zero-order valence-electron chi connectivity index (χ0n) is 15.0. The van der Waals surface area contributed by atoms with Crippen LogP contribution in [0.15, 0.2) is 10.4 Å². The number of hydrogen-bond donors (Lipinski definition) is 2. The predicted octanol–water partition coefficient (Wildman–Crippen LogP) is 1.81. The van der Waals surface area contributed by atoms with Gasteiger partial charge in [0, 0.05) is 57.6 Å². The normalized spacial score (nSPS) is 16.3. The molecule has 0 saturated carbocycles. The molecule has 2 N–H and O–H groups in total. The van der Waals surface area contributed by atoms with Crippen LogP contribution in [0.3, 0.4) is 0 Å². The predicted molar refractivity (Wildman–Crippen MR) is 99.5 cm³/mol. The molecular weight excluding hydrogens is 322 g/mol. The molecule has 0 aromatic carbocycles. The number of rotatable bonds is 6. The Bertz CT molecular complexity index is 549. The number of nitrogens with zero attached hydrogens (tertiary/aromatic N) is 3. The molecule has 1 aromatic rings. The quantitative estimate of drug-likeness (QED) is 0.466. The van der Waals surface area contributed by atoms with E-state index in [1.165, 1.54) is 5.01 Å². The number of guanidine groups is 1. The molecule has 1 amide bonds. The first-order valence-electron chi connectivity index (χ1n) is 8.69. The zero-order valence-corrected chi connectivity index (χ0v) is 15.8. The van der Waals surface area contributed by atoms with Gasteiger partial charge in [-0.25, -0.2) is 4.98 Å². The van der Waals surface area contributed by atoms with Crippen LogP contribution in [0.5, 0.6) is 0 Å². The molecule has 1 aliphatic rings. The van der Waals surface area contributed by atoms with Crippen LogP contribution >= 0.6 is 11.3 Å². The molecule has 6 nitrogen and oxygen atoms in total. The average molecular weight is 352 g/mol. The van der Waals surface area contributed by atoms with Crippen molar-refractivity contribution >= 4 is 23.2 Å². The highest BCUT2D eigenvalue weighted by Gasteiger charge is 2.22. The van der Waals surface area contributed by atoms with Gasteiger partial charge < -0.3 is 15.5 Å². The average Bonchev–Trinajstić information content (AvgIpc) is 3.01. The van der Waals surface area contributed by atoms with Gasteiger partial charge in [0.15, 0.2) is 5.96 Å². The van der Waals surface area contributed by atoms with Gasteiger partial charge in [-0.1, -0.05) is 0 Å². The van der Waals surface area contributed by atoms with Crippen molar-refractivity contribution in [3.8, 4) is 0 Å². The Balaban J connectivity index is 1.68. The van der Waals surface area contributed by atoms with Crippen molar-refractivity contribution in [1.82, 2.24) is 20.5 Å². The Labute approximate surface area is 148 Å². The Kier molecular flexibility index (Phi) is 7.49. The van der Waals surface area contributed by atoms with Gasteiger partial charge in [-0.3, -0.25) is 9.79 Å². The van der Waals surface area contributed by atoms with E-state index in [0.717, 1.165) is 57.0 Å². The van der Waals surface area contributed by atoms with E-state index >= 15 is 0 Å². The first-order valence-corrected chi connectivity index (χ1v) is 9.57. The van der Waals surface area contributed by atoms with Crippen LogP contribution < -0.4 is 10.6 Å². The number of likely N-dealkylation sites (tertiary alicyclic amines) is 1. The fraction of sp³-hybridized carbons (Fsp3) is 0.706. The molecule has 1 fully saturated rings. The molecule has 0 spiro atoms. The molecule has 134 valence electrons. The fourth-order valence-corrected chi connectivity index (χ4v) is 3.82. The summed E-state index contributed by atoms with van der Waals surface area (Å²) in [6.07, 6.45) is 4.80. The minimum Gasteiger partial charge on any atom is -0.359 e. The van der Waals surface area contributed by atoms with E-state index in [1.807, 2.05) is 14.0 Å². The molecular formula is C17H29N5OS. The smallest absolute Gasteiger partial charge is 0.220 e. The molecule has 0 bridgehead atoms. The molecule has 0 aliphatic carbocycles. The SMILES string of the molecule is CN=C(NCCCc1nc(C)cs1)N1CCC(CC(=O)NC)CC1. The van der Waals surface area contributed by atoms with Crippen LogP contribution in [0.4, 0.5) is 0 Å². The second kappa shape index (κ2) is 9.61. The van der Waals surface area contributed by atoms with Gasteiger partial charge in [0.2, 0.25) is 5.91 Å². The van der Waals surface area contributed by atoms with E-state index in [0.29, 0.717) is 12.3 Å². The van der Waals surface area contributed by atoms with Crippen LogP contribution in [0, 0.1) is 12.8 Å². The van der Waals surface area contributed by atoms with Crippen molar-refractivity contribution in [2.45, 2.75) is 39.0 Å². The Morgan fingerprint density at radius 1 is 1.46 bits per heavy atom. The van der Waals surface area contributed by atoms with Gasteiger partial charge in [0.25, 0.3) is 0 Å². The minimum atomic E-state index is 0.147. The number of amides is 1. The lowest BCUT2D eigenvalue weighted by Crippen LogP contribution is -2.46. The summed E-state index contributed by atoms with van der Waals surface area (Å²) in [6, 6.07) is 0. The van der Waals surface area contributed by atoms with Gasteiger partial charge in [-0.05, 0) is 32.1 Å². The van der Waals surface area contributed by atoms with Crippen molar-refractivity contribution in [2.24, 2.45) is 10.9 Å². The van der Waals surface area contributed by atoms with E-state index in [1.54, 1.807) is 18.4 Å². The van der Waals surface area contributed by atoms with Gasteiger partial charge in [-0.2, -0.15) is 0 Å². The molecule has 2 heterocycles. The highest BCUT2D eigenvalue weighted by atomic mass is 32.1. The van der Waals surface area contributed by atoms with Crippen molar-refractivity contribution < 1.29 is 4.79 Å². The van der Waals surface area contributed by atoms with Gasteiger partial charge in [0.05, 0.1) is 5.01 Å². The van der Waals surface area contributed by atoms with Crippen LogP contribution in [0.25, 0.3) is 0 Å². The summed E-state index contributed by atoms with van der Waals surface area (Å²) in [5, 5.41) is 9.48. The summed E-state index contributed by atoms with van der Waals surface area (Å²) in [5.74, 6) is 1.62. The largest absolute Gasteiger partial charge is 0.359 e. The second-order valence-electron chi connectivity index (χ2n) is 6.27. The molecule has 1 aliphatic heterocycles. The topological polar surface area (TPSA) is 69.6 Å². The molecule has 0 atom stereocenters. The molecule has 0 unspecified atom stereocenters. The maximum absolute atomic E-state index is 11.5. The Morgan fingerprint density at radius 2 is 2.21 bits per heavy atom. The van der Waals surface area contributed by atoms with E-state index in [-0.39, 0.29) is 5.91 Å². The highest BCUT2D eigenvalue weighted by Crippen LogP contribution is 2.20. The molecule has 2 rings (SSSR count). The zero-order chi connectivity index (χ0) is 17.4. The Hall–Kier alpha value is -1.63. The molecule has 7 heteroatoms. The number of carbonyl (C=O) groups excluding carboxylic acids is 1. The summed E-state index contributed by atoms with van der Waals surface area (Å²) in [7, 11) is 3.54. The highest BCUT2D eigenvalue weighted by molar-refractivity contribution is 7.09. The summed E-state index contributed by atoms with van der Waals surface area (Å²) < 4.78 is 0. The van der Waals surface area contributed by atoms with Crippen molar-refractivity contribution in [1.29, 1.82) is 0 Å². The Morgan fingerprint density at radius 3 is 2.79 bits per heavy atom. The van der Waals surface area contributed by atoms with Gasteiger partial charge in [-0.15, -0.1) is 11.3 Å². The van der Waals surface area contributed by atoms with Crippen LogP contribution in [-0.2, 0) is 11.2 Å². The first-order chi connectivity index (χ1) is 11.6. The minimum absolute atomic E-state index is 0.147. The first kappa shape index (κ1) is 18.7. The fourth-order valence-electron chi connectivity index (χ4n) is 3.00. The third-order valence-corrected chi connectivity index (χ3v) is 5.42. The number of thiazole rings is 1. The molecule has 1 saturated heterocycles. The number of carbonyl (C=O) groups is 1. The molecule has 1 aromatic heterocycles. The van der Waals surface area contributed by atoms with E-state index < -0.39 is 0 Å². The lowest BCUT2D eigenvalue weighted by Gasteiger charge is -2.34. The summed E-state index contributed by atoms with van der Waals surface area (Å²) >= 11 is 1.74. The van der Waals surface area contributed by atoms with E-state index in [2.05, 4.69) is 30.9 Å². The number of aromatic nitrogens is 1. The van der Waals surface area contributed by atoms with Crippen LogP contribution in [0.2, 0.25) is 0 Å². The van der Waals surface area contributed by atoms with Crippen molar-refractivity contribution in [3.05, 3.63) is 16.1 Å². The van der Waals surface area contributed by atoms with Crippen LogP contribution in [0.1, 0.15) is 36.4 Å². The van der Waals surface area contributed by atoms with E-state index in [9.17, 15) is 4.79 Å². The van der Waals surface area contributed by atoms with Gasteiger partial charge >= 0.3 is 0 Å². The third-order valence-electron chi connectivity index (χ3n) is 4.40. The summed E-state index contributed by atoms with van der Waals surface area (Å²) in [6.45, 7) is 4.87. The standard InChI is InChI=1S/C17H29N5OS/c1-13-12-24-16(21-13)5-4-8-20-17(19-3)22-9-6-14(7-10-22)11-15(23)18-2/h12,14H,4-11H2,1-3H3,(H,18,23)(H,19,20). The van der Waals surface area contributed by atoms with Crippen molar-refractivity contribution in [2.75, 3.05) is 33.7 Å². The number of piperidine rings is 1. The lowest BCUT2D eigenvalue weighted by atomic mass is 9.93. The van der Waals surface area contributed by atoms with Crippen molar-refractivity contribution in [3.63, 3.8) is 0 Å². The maximum Gasteiger partial charge on any atom is 0.220 e. The third kappa shape index (κ3) is 5.78. The van der Waals surface area contributed by atoms with Crippen LogP contribution in [-0.4, -0.2) is 55.5 Å². The summed E-state index contributed by atoms with van der Waals surface area (Å²) in [4.78, 5) is 22.7.